The molecule has 0 amide bonds. The van der Waals surface area contributed by atoms with Gasteiger partial charge in [-0.3, -0.25) is 9.69 Å². The SMILES string of the molecule is CC1CNc2cc(C(=O)CN(C)C3CCCCC3)ccc2O1. The molecule has 3 rings (SSSR count). The first kappa shape index (κ1) is 15.3. The molecule has 120 valence electrons. The molecule has 0 bridgehead atoms. The third-order valence-electron chi connectivity index (χ3n) is 4.80. The van der Waals surface area contributed by atoms with E-state index < -0.39 is 0 Å². The standard InChI is InChI=1S/C18H26N2O2/c1-13-11-19-16-10-14(8-9-18(16)22-13)17(21)12-20(2)15-6-4-3-5-7-15/h8-10,13,15,19H,3-7,11-12H2,1-2H3. The van der Waals surface area contributed by atoms with Gasteiger partial charge in [0, 0.05) is 11.6 Å². The van der Waals surface area contributed by atoms with E-state index in [4.69, 9.17) is 4.74 Å². The van der Waals surface area contributed by atoms with E-state index >= 15 is 0 Å². The number of benzene rings is 1. The van der Waals surface area contributed by atoms with E-state index in [1.165, 1.54) is 32.1 Å². The molecular formula is C18H26N2O2. The van der Waals surface area contributed by atoms with Crippen LogP contribution in [-0.2, 0) is 0 Å². The number of anilines is 1. The molecule has 1 unspecified atom stereocenters. The van der Waals surface area contributed by atoms with Crippen LogP contribution in [0.2, 0.25) is 0 Å². The lowest BCUT2D eigenvalue weighted by Crippen LogP contribution is -2.37. The Bertz CT molecular complexity index is 538. The van der Waals surface area contributed by atoms with Crippen molar-refractivity contribution >= 4 is 11.5 Å². The molecule has 22 heavy (non-hydrogen) atoms. The lowest BCUT2D eigenvalue weighted by Gasteiger charge is -2.30. The summed E-state index contributed by atoms with van der Waals surface area (Å²) < 4.78 is 5.76. The smallest absolute Gasteiger partial charge is 0.176 e. The maximum Gasteiger partial charge on any atom is 0.176 e. The Hall–Kier alpha value is -1.55. The monoisotopic (exact) mass is 302 g/mol. The first-order valence-electron chi connectivity index (χ1n) is 8.41. The fourth-order valence-corrected chi connectivity index (χ4v) is 3.43. The second kappa shape index (κ2) is 6.69. The summed E-state index contributed by atoms with van der Waals surface area (Å²) in [5, 5.41) is 3.33. The van der Waals surface area contributed by atoms with Crippen molar-refractivity contribution in [3.05, 3.63) is 23.8 Å². The molecule has 2 aliphatic rings. The van der Waals surface area contributed by atoms with E-state index in [1.54, 1.807) is 0 Å². The van der Waals surface area contributed by atoms with Gasteiger partial charge in [0.05, 0.1) is 18.8 Å². The van der Waals surface area contributed by atoms with Crippen molar-refractivity contribution in [1.29, 1.82) is 0 Å². The summed E-state index contributed by atoms with van der Waals surface area (Å²) in [6.07, 6.45) is 6.55. The van der Waals surface area contributed by atoms with Gasteiger partial charge < -0.3 is 10.1 Å². The van der Waals surface area contributed by atoms with E-state index in [0.29, 0.717) is 12.6 Å². The van der Waals surface area contributed by atoms with Crippen molar-refractivity contribution in [3.8, 4) is 5.75 Å². The maximum atomic E-state index is 12.5. The number of rotatable bonds is 4. The molecular weight excluding hydrogens is 276 g/mol. The van der Waals surface area contributed by atoms with Crippen LogP contribution in [0.1, 0.15) is 49.4 Å². The lowest BCUT2D eigenvalue weighted by molar-refractivity contribution is 0.0899. The molecule has 4 nitrogen and oxygen atoms in total. The Labute approximate surface area is 132 Å². The van der Waals surface area contributed by atoms with Gasteiger partial charge in [0.1, 0.15) is 11.9 Å². The molecule has 1 aliphatic carbocycles. The number of hydrogen-bond acceptors (Lipinski definition) is 4. The van der Waals surface area contributed by atoms with Crippen molar-refractivity contribution < 1.29 is 9.53 Å². The van der Waals surface area contributed by atoms with E-state index in [2.05, 4.69) is 17.3 Å². The average molecular weight is 302 g/mol. The summed E-state index contributed by atoms with van der Waals surface area (Å²) in [4.78, 5) is 14.8. The van der Waals surface area contributed by atoms with Gasteiger partial charge in [0.2, 0.25) is 0 Å². The van der Waals surface area contributed by atoms with Crippen LogP contribution in [0.3, 0.4) is 0 Å². The number of carbonyl (C=O) groups is 1. The molecule has 4 heteroatoms. The van der Waals surface area contributed by atoms with Gasteiger partial charge in [-0.05, 0) is 45.0 Å². The summed E-state index contributed by atoms with van der Waals surface area (Å²) in [7, 11) is 2.08. The first-order valence-corrected chi connectivity index (χ1v) is 8.41. The normalized spacial score (nSPS) is 21.9. The van der Waals surface area contributed by atoms with E-state index in [0.717, 1.165) is 23.5 Å². The van der Waals surface area contributed by atoms with Crippen molar-refractivity contribution in [2.45, 2.75) is 51.2 Å². The highest BCUT2D eigenvalue weighted by Crippen LogP contribution is 2.30. The fourth-order valence-electron chi connectivity index (χ4n) is 3.43. The highest BCUT2D eigenvalue weighted by molar-refractivity contribution is 5.98. The Morgan fingerprint density at radius 3 is 2.86 bits per heavy atom. The second-order valence-corrected chi connectivity index (χ2v) is 6.65. The Kier molecular flexibility index (Phi) is 4.67. The summed E-state index contributed by atoms with van der Waals surface area (Å²) in [6, 6.07) is 6.29. The number of nitrogens with zero attached hydrogens (tertiary/aromatic N) is 1. The highest BCUT2D eigenvalue weighted by Gasteiger charge is 2.22. The van der Waals surface area contributed by atoms with Gasteiger partial charge in [-0.2, -0.15) is 0 Å². The minimum atomic E-state index is 0.173. The minimum Gasteiger partial charge on any atom is -0.487 e. The van der Waals surface area contributed by atoms with E-state index in [9.17, 15) is 4.79 Å². The number of nitrogens with one attached hydrogen (secondary N) is 1. The number of Topliss-reactive ketones (excluding diaryl/α,β-unsaturated/α-hetero) is 1. The molecule has 1 aromatic carbocycles. The number of fused-ring (bicyclic) bond motifs is 1. The molecule has 1 atom stereocenters. The Morgan fingerprint density at radius 2 is 2.09 bits per heavy atom. The van der Waals surface area contributed by atoms with Crippen LogP contribution >= 0.6 is 0 Å². The van der Waals surface area contributed by atoms with Crippen LogP contribution in [0.25, 0.3) is 0 Å². The number of carbonyl (C=O) groups excluding carboxylic acids is 1. The summed E-state index contributed by atoms with van der Waals surface area (Å²) in [5.74, 6) is 1.03. The second-order valence-electron chi connectivity index (χ2n) is 6.65. The molecule has 0 spiro atoms. The summed E-state index contributed by atoms with van der Waals surface area (Å²) in [5.41, 5.74) is 1.70. The molecule has 0 aromatic heterocycles. The predicted octanol–water partition coefficient (Wildman–Crippen LogP) is 3.33. The zero-order valence-corrected chi connectivity index (χ0v) is 13.6. The van der Waals surface area contributed by atoms with Crippen LogP contribution < -0.4 is 10.1 Å². The fraction of sp³-hybridized carbons (Fsp3) is 0.611. The van der Waals surface area contributed by atoms with Gasteiger partial charge in [-0.15, -0.1) is 0 Å². The van der Waals surface area contributed by atoms with Gasteiger partial charge >= 0.3 is 0 Å². The van der Waals surface area contributed by atoms with Crippen LogP contribution in [0, 0.1) is 0 Å². The number of hydrogen-bond donors (Lipinski definition) is 1. The zero-order chi connectivity index (χ0) is 15.5. The maximum absolute atomic E-state index is 12.5. The molecule has 1 aromatic rings. The van der Waals surface area contributed by atoms with Gasteiger partial charge in [0.25, 0.3) is 0 Å². The molecule has 1 fully saturated rings. The minimum absolute atomic E-state index is 0.173. The molecule has 1 saturated carbocycles. The van der Waals surface area contributed by atoms with Crippen LogP contribution in [-0.4, -0.2) is 43.0 Å². The van der Waals surface area contributed by atoms with Gasteiger partial charge in [-0.1, -0.05) is 19.3 Å². The molecule has 0 radical (unpaired) electrons. The van der Waals surface area contributed by atoms with E-state index in [1.807, 2.05) is 25.1 Å². The largest absolute Gasteiger partial charge is 0.487 e. The third kappa shape index (κ3) is 3.43. The molecule has 1 heterocycles. The highest BCUT2D eigenvalue weighted by atomic mass is 16.5. The number of ether oxygens (including phenoxy) is 1. The van der Waals surface area contributed by atoms with Crippen molar-refractivity contribution in [2.75, 3.05) is 25.5 Å². The Morgan fingerprint density at radius 1 is 1.32 bits per heavy atom. The average Bonchev–Trinajstić information content (AvgIpc) is 2.55. The van der Waals surface area contributed by atoms with Gasteiger partial charge in [0.15, 0.2) is 5.78 Å². The van der Waals surface area contributed by atoms with E-state index in [-0.39, 0.29) is 11.9 Å². The Balaban J connectivity index is 1.64. The summed E-state index contributed by atoms with van der Waals surface area (Å²) >= 11 is 0. The lowest BCUT2D eigenvalue weighted by atomic mass is 9.94. The van der Waals surface area contributed by atoms with Crippen molar-refractivity contribution in [2.24, 2.45) is 0 Å². The zero-order valence-electron chi connectivity index (χ0n) is 13.6. The number of likely N-dealkylation sites (N-methyl/N-ethyl adjacent to an activating group) is 1. The molecule has 0 saturated heterocycles. The predicted molar refractivity (Wildman–Crippen MR) is 88.9 cm³/mol. The topological polar surface area (TPSA) is 41.6 Å². The van der Waals surface area contributed by atoms with Crippen LogP contribution in [0.15, 0.2) is 18.2 Å². The van der Waals surface area contributed by atoms with Crippen molar-refractivity contribution in [3.63, 3.8) is 0 Å². The van der Waals surface area contributed by atoms with Crippen LogP contribution in [0.5, 0.6) is 5.75 Å². The van der Waals surface area contributed by atoms with Crippen molar-refractivity contribution in [1.82, 2.24) is 4.90 Å². The molecule has 1 aliphatic heterocycles. The first-order chi connectivity index (χ1) is 10.6. The number of ketones is 1. The third-order valence-corrected chi connectivity index (χ3v) is 4.80. The quantitative estimate of drug-likeness (QED) is 0.866. The van der Waals surface area contributed by atoms with Gasteiger partial charge in [-0.25, -0.2) is 0 Å². The van der Waals surface area contributed by atoms with Crippen LogP contribution in [0.4, 0.5) is 5.69 Å². The summed E-state index contributed by atoms with van der Waals surface area (Å²) in [6.45, 7) is 3.32. The molecule has 1 N–H and O–H groups in total.